The number of pyridine rings is 1. The van der Waals surface area contributed by atoms with E-state index in [2.05, 4.69) is 27.8 Å². The zero-order chi connectivity index (χ0) is 18.9. The minimum absolute atomic E-state index is 0.0202. The van der Waals surface area contributed by atoms with Crippen molar-refractivity contribution in [1.29, 1.82) is 0 Å². The number of hydrogen-bond donors (Lipinski definition) is 2. The van der Waals surface area contributed by atoms with Gasteiger partial charge in [-0.15, -0.1) is 0 Å². The first-order valence-corrected chi connectivity index (χ1v) is 9.87. The molecule has 1 aromatic heterocycles. The van der Waals surface area contributed by atoms with Crippen LogP contribution in [-0.2, 0) is 6.42 Å². The van der Waals surface area contributed by atoms with Crippen molar-refractivity contribution >= 4 is 11.6 Å². The Hall–Kier alpha value is -2.56. The quantitative estimate of drug-likeness (QED) is 0.720. The highest BCUT2D eigenvalue weighted by molar-refractivity contribution is 5.94. The van der Waals surface area contributed by atoms with Gasteiger partial charge in [0.25, 0.3) is 5.91 Å². The molecule has 2 aromatic rings. The molecule has 0 saturated heterocycles. The lowest BCUT2D eigenvalue weighted by Gasteiger charge is -2.16. The topological polar surface area (TPSA) is 63.2 Å². The van der Waals surface area contributed by atoms with Crippen LogP contribution in [0.25, 0.3) is 0 Å². The second kappa shape index (κ2) is 9.95. The van der Waals surface area contributed by atoms with Gasteiger partial charge in [0, 0.05) is 25.0 Å². The van der Waals surface area contributed by atoms with E-state index in [1.54, 1.807) is 19.5 Å². The van der Waals surface area contributed by atoms with Crippen LogP contribution in [0, 0.1) is 0 Å². The molecule has 1 amide bonds. The highest BCUT2D eigenvalue weighted by atomic mass is 16.5. The fourth-order valence-corrected chi connectivity index (χ4v) is 3.50. The predicted molar refractivity (Wildman–Crippen MR) is 108 cm³/mol. The van der Waals surface area contributed by atoms with Gasteiger partial charge in [-0.3, -0.25) is 9.78 Å². The number of amides is 1. The molecule has 3 rings (SSSR count). The Labute approximate surface area is 161 Å². The van der Waals surface area contributed by atoms with Gasteiger partial charge in [0.2, 0.25) is 0 Å². The third-order valence-corrected chi connectivity index (χ3v) is 5.09. The maximum absolute atomic E-state index is 12.5. The van der Waals surface area contributed by atoms with E-state index < -0.39 is 0 Å². The fourth-order valence-electron chi connectivity index (χ4n) is 3.50. The van der Waals surface area contributed by atoms with E-state index in [1.807, 2.05) is 18.2 Å². The normalized spacial score (nSPS) is 15.0. The number of benzene rings is 1. The molecule has 144 valence electrons. The van der Waals surface area contributed by atoms with Crippen LogP contribution in [0.2, 0.25) is 0 Å². The Morgan fingerprint density at radius 2 is 1.85 bits per heavy atom. The molecule has 1 fully saturated rings. The fraction of sp³-hybridized carbons (Fsp3) is 0.455. The van der Waals surface area contributed by atoms with Crippen LogP contribution in [0.5, 0.6) is 5.75 Å². The summed E-state index contributed by atoms with van der Waals surface area (Å²) in [7, 11) is 1.67. The van der Waals surface area contributed by atoms with Crippen molar-refractivity contribution in [1.82, 2.24) is 10.3 Å². The Balaban J connectivity index is 1.50. The zero-order valence-corrected chi connectivity index (χ0v) is 16.0. The van der Waals surface area contributed by atoms with E-state index in [4.69, 9.17) is 4.74 Å². The van der Waals surface area contributed by atoms with E-state index >= 15 is 0 Å². The number of anilines is 1. The summed E-state index contributed by atoms with van der Waals surface area (Å²) in [6, 6.07) is 10.2. The molecule has 0 unspecified atom stereocenters. The molecule has 0 aliphatic heterocycles. The molecule has 1 aliphatic rings. The van der Waals surface area contributed by atoms with Crippen molar-refractivity contribution in [2.45, 2.75) is 51.0 Å². The number of ether oxygens (including phenoxy) is 1. The highest BCUT2D eigenvalue weighted by Crippen LogP contribution is 2.18. The number of hydrogen-bond acceptors (Lipinski definition) is 4. The van der Waals surface area contributed by atoms with Gasteiger partial charge in [-0.2, -0.15) is 0 Å². The third-order valence-electron chi connectivity index (χ3n) is 5.09. The number of aromatic nitrogens is 1. The summed E-state index contributed by atoms with van der Waals surface area (Å²) >= 11 is 0. The van der Waals surface area contributed by atoms with Gasteiger partial charge in [0.1, 0.15) is 5.75 Å². The third kappa shape index (κ3) is 5.98. The molecule has 2 N–H and O–H groups in total. The molecule has 0 atom stereocenters. The van der Waals surface area contributed by atoms with Crippen LogP contribution in [0.15, 0.2) is 42.7 Å². The number of nitrogens with zero attached hydrogens (tertiary/aromatic N) is 1. The second-order valence-electron chi connectivity index (χ2n) is 7.15. The number of carbonyl (C=O) groups excluding carboxylic acids is 1. The molecular weight excluding hydrogens is 338 g/mol. The van der Waals surface area contributed by atoms with E-state index in [1.165, 1.54) is 31.2 Å². The van der Waals surface area contributed by atoms with Crippen molar-refractivity contribution in [2.24, 2.45) is 0 Å². The van der Waals surface area contributed by atoms with E-state index in [0.29, 0.717) is 11.6 Å². The van der Waals surface area contributed by atoms with E-state index in [-0.39, 0.29) is 5.91 Å². The standard InChI is InChI=1S/C22H29N3O2/c1-27-21-10-8-17(9-11-21)12-13-24-20-14-18(15-23-16-20)22(26)25-19-6-4-2-3-5-7-19/h8-11,14-16,19,24H,2-7,12-13H2,1H3,(H,25,26). The number of nitrogens with one attached hydrogen (secondary N) is 2. The van der Waals surface area contributed by atoms with Gasteiger partial charge >= 0.3 is 0 Å². The van der Waals surface area contributed by atoms with Crippen LogP contribution in [0.1, 0.15) is 54.4 Å². The minimum atomic E-state index is -0.0202. The summed E-state index contributed by atoms with van der Waals surface area (Å²) in [4.78, 5) is 16.8. The summed E-state index contributed by atoms with van der Waals surface area (Å²) in [5.74, 6) is 0.844. The lowest BCUT2D eigenvalue weighted by atomic mass is 10.1. The molecular formula is C22H29N3O2. The minimum Gasteiger partial charge on any atom is -0.497 e. The summed E-state index contributed by atoms with van der Waals surface area (Å²) in [5.41, 5.74) is 2.73. The average Bonchev–Trinajstić information content (AvgIpc) is 2.97. The van der Waals surface area contributed by atoms with Crippen LogP contribution in [-0.4, -0.2) is 30.6 Å². The molecule has 0 bridgehead atoms. The highest BCUT2D eigenvalue weighted by Gasteiger charge is 2.16. The summed E-state index contributed by atoms with van der Waals surface area (Å²) < 4.78 is 5.18. The van der Waals surface area contributed by atoms with Crippen LogP contribution >= 0.6 is 0 Å². The average molecular weight is 367 g/mol. The van der Waals surface area contributed by atoms with Gasteiger partial charge in [-0.25, -0.2) is 0 Å². The predicted octanol–water partition coefficient (Wildman–Crippen LogP) is 4.20. The molecule has 1 heterocycles. The summed E-state index contributed by atoms with van der Waals surface area (Å²) in [6.45, 7) is 0.779. The summed E-state index contributed by atoms with van der Waals surface area (Å²) in [6.07, 6.45) is 11.4. The largest absolute Gasteiger partial charge is 0.497 e. The molecule has 5 nitrogen and oxygen atoms in total. The maximum atomic E-state index is 12.5. The molecule has 1 saturated carbocycles. The van der Waals surface area contributed by atoms with Gasteiger partial charge in [0.15, 0.2) is 0 Å². The first kappa shape index (κ1) is 19.2. The van der Waals surface area contributed by atoms with E-state index in [0.717, 1.165) is 37.2 Å². The zero-order valence-electron chi connectivity index (χ0n) is 16.0. The smallest absolute Gasteiger partial charge is 0.253 e. The van der Waals surface area contributed by atoms with Gasteiger partial charge in [-0.1, -0.05) is 37.8 Å². The molecule has 5 heteroatoms. The van der Waals surface area contributed by atoms with Crippen LogP contribution in [0.3, 0.4) is 0 Å². The van der Waals surface area contributed by atoms with Gasteiger partial charge in [0.05, 0.1) is 18.4 Å². The number of carbonyl (C=O) groups is 1. The Morgan fingerprint density at radius 1 is 1.11 bits per heavy atom. The molecule has 1 aliphatic carbocycles. The number of rotatable bonds is 7. The van der Waals surface area contributed by atoms with Crippen molar-refractivity contribution < 1.29 is 9.53 Å². The number of methoxy groups -OCH3 is 1. The molecule has 0 radical (unpaired) electrons. The van der Waals surface area contributed by atoms with E-state index in [9.17, 15) is 4.79 Å². The first-order valence-electron chi connectivity index (χ1n) is 9.87. The molecule has 27 heavy (non-hydrogen) atoms. The SMILES string of the molecule is COc1ccc(CCNc2cncc(C(=O)NC3CCCCCC3)c2)cc1. The lowest BCUT2D eigenvalue weighted by Crippen LogP contribution is -2.34. The van der Waals surface area contributed by atoms with Crippen molar-refractivity contribution in [3.05, 3.63) is 53.9 Å². The van der Waals surface area contributed by atoms with Crippen molar-refractivity contribution in [3.8, 4) is 5.75 Å². The van der Waals surface area contributed by atoms with Crippen LogP contribution in [0.4, 0.5) is 5.69 Å². The first-order chi connectivity index (χ1) is 13.2. The van der Waals surface area contributed by atoms with Gasteiger partial charge < -0.3 is 15.4 Å². The monoisotopic (exact) mass is 367 g/mol. The molecule has 0 spiro atoms. The molecule has 1 aromatic carbocycles. The van der Waals surface area contributed by atoms with Crippen LogP contribution < -0.4 is 15.4 Å². The lowest BCUT2D eigenvalue weighted by molar-refractivity contribution is 0.0933. The maximum Gasteiger partial charge on any atom is 0.253 e. The van der Waals surface area contributed by atoms with Crippen molar-refractivity contribution in [3.63, 3.8) is 0 Å². The Morgan fingerprint density at radius 3 is 2.56 bits per heavy atom. The Bertz CT molecular complexity index is 723. The van der Waals surface area contributed by atoms with Gasteiger partial charge in [-0.05, 0) is 43.0 Å². The second-order valence-corrected chi connectivity index (χ2v) is 7.15. The Kier molecular flexibility index (Phi) is 7.08. The van der Waals surface area contributed by atoms with Crippen molar-refractivity contribution in [2.75, 3.05) is 19.0 Å². The summed E-state index contributed by atoms with van der Waals surface area (Å²) in [5, 5.41) is 6.53.